The zero-order valence-corrected chi connectivity index (χ0v) is 22.6. The van der Waals surface area contributed by atoms with E-state index in [1.807, 2.05) is 31.3 Å². The van der Waals surface area contributed by atoms with Crippen LogP contribution < -0.4 is 9.64 Å². The number of hydrogen-bond donors (Lipinski definition) is 2. The number of thiazole rings is 1. The van der Waals surface area contributed by atoms with Gasteiger partial charge in [-0.3, -0.25) is 9.78 Å². The van der Waals surface area contributed by atoms with E-state index in [-0.39, 0.29) is 6.42 Å². The Morgan fingerprint density at radius 2 is 1.92 bits per heavy atom. The molecule has 4 heterocycles. The van der Waals surface area contributed by atoms with Crippen LogP contribution in [0.15, 0.2) is 30.5 Å². The summed E-state index contributed by atoms with van der Waals surface area (Å²) in [6.07, 6.45) is 5.03. The molecule has 4 aromatic rings. The average Bonchev–Trinajstić information content (AvgIpc) is 3.49. The summed E-state index contributed by atoms with van der Waals surface area (Å²) in [5.74, 6) is 0.0147. The maximum Gasteiger partial charge on any atom is 0.307 e. The number of carboxylic acids is 1. The minimum Gasteiger partial charge on any atom is -0.493 e. The number of aliphatic carboxylic acids is 1. The Morgan fingerprint density at radius 3 is 2.62 bits per heavy atom. The fourth-order valence-electron chi connectivity index (χ4n) is 5.03. The van der Waals surface area contributed by atoms with Crippen LogP contribution in [-0.2, 0) is 17.6 Å². The van der Waals surface area contributed by atoms with Crippen molar-refractivity contribution in [2.45, 2.75) is 59.0 Å². The number of rotatable bonds is 4. The Bertz CT molecular complexity index is 1470. The van der Waals surface area contributed by atoms with Crippen molar-refractivity contribution >= 4 is 43.6 Å². The largest absolute Gasteiger partial charge is 0.493 e. The Hall–Kier alpha value is -3.23. The number of aryl methyl sites for hydroxylation is 1. The van der Waals surface area contributed by atoms with E-state index in [1.165, 1.54) is 18.4 Å². The number of hydrogen-bond acceptors (Lipinski definition) is 7. The van der Waals surface area contributed by atoms with Gasteiger partial charge in [0.2, 0.25) is 0 Å². The van der Waals surface area contributed by atoms with Crippen LogP contribution in [0.1, 0.15) is 50.3 Å². The summed E-state index contributed by atoms with van der Waals surface area (Å²) in [5, 5.41) is 20.3. The van der Waals surface area contributed by atoms with Crippen molar-refractivity contribution in [2.75, 3.05) is 24.6 Å². The van der Waals surface area contributed by atoms with Gasteiger partial charge < -0.3 is 19.8 Å². The molecule has 0 amide bonds. The molecule has 0 atom stereocenters. The maximum absolute atomic E-state index is 11.8. The van der Waals surface area contributed by atoms with Crippen LogP contribution in [0.25, 0.3) is 32.2 Å². The second-order valence-electron chi connectivity index (χ2n) is 10.7. The van der Waals surface area contributed by atoms with Gasteiger partial charge in [-0.1, -0.05) is 11.3 Å². The molecule has 0 radical (unpaired) electrons. The van der Waals surface area contributed by atoms with Gasteiger partial charge in [-0.15, -0.1) is 0 Å². The molecule has 0 aliphatic carbocycles. The monoisotopic (exact) mass is 519 g/mol. The number of aliphatic hydroxyl groups is 1. The summed E-state index contributed by atoms with van der Waals surface area (Å²) in [4.78, 5) is 23.9. The number of fused-ring (bicyclic) bond motifs is 1. The van der Waals surface area contributed by atoms with Gasteiger partial charge in [-0.05, 0) is 81.5 Å². The van der Waals surface area contributed by atoms with E-state index < -0.39 is 11.6 Å². The molecule has 2 N–H and O–H groups in total. The van der Waals surface area contributed by atoms with Crippen LogP contribution in [0.5, 0.6) is 5.75 Å². The normalized spacial score (nSPS) is 15.0. The molecule has 37 heavy (non-hydrogen) atoms. The van der Waals surface area contributed by atoms with Crippen molar-refractivity contribution in [3.05, 3.63) is 47.2 Å². The van der Waals surface area contributed by atoms with E-state index in [0.29, 0.717) is 6.61 Å². The van der Waals surface area contributed by atoms with Crippen molar-refractivity contribution in [1.29, 1.82) is 0 Å². The first-order valence-corrected chi connectivity index (χ1v) is 13.6. The zero-order valence-electron chi connectivity index (χ0n) is 21.8. The number of ether oxygens (including phenoxy) is 1. The smallest absolute Gasteiger partial charge is 0.307 e. The number of aromatic nitrogens is 2. The highest BCUT2D eigenvalue weighted by Gasteiger charge is 2.25. The Kier molecular flexibility index (Phi) is 6.81. The van der Waals surface area contributed by atoms with E-state index in [4.69, 9.17) is 19.8 Å². The Morgan fingerprint density at radius 1 is 1.19 bits per heavy atom. The molecule has 2 aliphatic rings. The molecule has 1 saturated heterocycles. The lowest BCUT2D eigenvalue weighted by Gasteiger charge is -2.21. The van der Waals surface area contributed by atoms with Gasteiger partial charge in [-0.25, -0.2) is 4.98 Å². The number of nitrogens with zero attached hydrogens (tertiary/aromatic N) is 3. The van der Waals surface area contributed by atoms with Crippen molar-refractivity contribution in [2.24, 2.45) is 0 Å². The molecular weight excluding hydrogens is 486 g/mol. The Labute approximate surface area is 220 Å². The molecule has 8 heteroatoms. The predicted octanol–water partition coefficient (Wildman–Crippen LogP) is 5.76. The summed E-state index contributed by atoms with van der Waals surface area (Å²) in [5.41, 5.74) is 6.21. The van der Waals surface area contributed by atoms with Crippen molar-refractivity contribution in [3.8, 4) is 16.9 Å². The van der Waals surface area contributed by atoms with Gasteiger partial charge in [0.25, 0.3) is 0 Å². The number of anilines is 1. The average molecular weight is 520 g/mol. The lowest BCUT2D eigenvalue weighted by molar-refractivity contribution is -0.136. The van der Waals surface area contributed by atoms with Crippen molar-refractivity contribution in [3.63, 3.8) is 0 Å². The van der Waals surface area contributed by atoms with E-state index in [1.54, 1.807) is 32.1 Å². The number of carbonyl (C=O) groups is 1. The number of carboxylic acid groups (broad SMARTS) is 1. The summed E-state index contributed by atoms with van der Waals surface area (Å²) in [6.45, 7) is 9.93. The first-order valence-electron chi connectivity index (χ1n) is 12.8. The van der Waals surface area contributed by atoms with Crippen LogP contribution in [-0.4, -0.2) is 51.4 Å². The van der Waals surface area contributed by atoms with E-state index in [2.05, 4.69) is 11.0 Å². The highest BCUT2D eigenvalue weighted by molar-refractivity contribution is 7.22. The number of benzene rings is 2. The lowest BCUT2D eigenvalue weighted by Crippen LogP contribution is -2.16. The SMILES string of the molecule is CC(C)(C)O.Cc1cc2nc(N3CCCC3)sc2c(-c2ccc3c4c(ccnc24)CCO3)c1CC(=O)O. The molecule has 0 bridgehead atoms. The Balaban J connectivity index is 0.000000514. The standard InChI is InChI=1S/C25H23N3O3S.C4H10O/c1-14-12-18-24(32-25(27-18)28-9-2-3-10-28)22(17(14)13-20(29)30)16-4-5-19-21-15(7-11-31-19)6-8-26-23(16)21;1-4(2,3)5/h4-6,8,12H,2-3,7,9-11,13H2,1H3,(H,29,30);5H,1-3H3. The zero-order chi connectivity index (χ0) is 26.3. The third-order valence-corrected chi connectivity index (χ3v) is 7.69. The quantitative estimate of drug-likeness (QED) is 0.354. The summed E-state index contributed by atoms with van der Waals surface area (Å²) >= 11 is 1.67. The highest BCUT2D eigenvalue weighted by Crippen LogP contribution is 2.45. The fraction of sp³-hybridized carbons (Fsp3) is 0.414. The fourth-order valence-corrected chi connectivity index (χ4v) is 6.22. The molecule has 7 nitrogen and oxygen atoms in total. The first-order chi connectivity index (χ1) is 17.6. The predicted molar refractivity (Wildman–Crippen MR) is 149 cm³/mol. The summed E-state index contributed by atoms with van der Waals surface area (Å²) in [6, 6.07) is 8.13. The third-order valence-electron chi connectivity index (χ3n) is 6.54. The van der Waals surface area contributed by atoms with Gasteiger partial charge in [0.15, 0.2) is 5.13 Å². The summed E-state index contributed by atoms with van der Waals surface area (Å²) < 4.78 is 6.95. The van der Waals surface area contributed by atoms with E-state index in [9.17, 15) is 9.90 Å². The van der Waals surface area contributed by atoms with Crippen LogP contribution in [0.3, 0.4) is 0 Å². The minimum absolute atomic E-state index is 0.0342. The lowest BCUT2D eigenvalue weighted by atomic mass is 9.90. The molecule has 6 rings (SSSR count). The van der Waals surface area contributed by atoms with Crippen LogP contribution >= 0.6 is 11.3 Å². The van der Waals surface area contributed by atoms with Crippen molar-refractivity contribution in [1.82, 2.24) is 9.97 Å². The first kappa shape index (κ1) is 25.4. The topological polar surface area (TPSA) is 95.8 Å². The van der Waals surface area contributed by atoms with E-state index in [0.717, 1.165) is 73.8 Å². The minimum atomic E-state index is -0.836. The van der Waals surface area contributed by atoms with Crippen LogP contribution in [0, 0.1) is 6.92 Å². The van der Waals surface area contributed by atoms with Crippen LogP contribution in [0.2, 0.25) is 0 Å². The molecule has 0 unspecified atom stereocenters. The summed E-state index contributed by atoms with van der Waals surface area (Å²) in [7, 11) is 0. The van der Waals surface area contributed by atoms with Gasteiger partial charge >= 0.3 is 5.97 Å². The second kappa shape index (κ2) is 9.91. The molecule has 1 fully saturated rings. The van der Waals surface area contributed by atoms with Gasteiger partial charge in [0.1, 0.15) is 5.75 Å². The second-order valence-corrected chi connectivity index (χ2v) is 11.7. The molecule has 194 valence electrons. The molecule has 2 aromatic heterocycles. The maximum atomic E-state index is 11.8. The van der Waals surface area contributed by atoms with Gasteiger partial charge in [0, 0.05) is 42.2 Å². The van der Waals surface area contributed by atoms with Gasteiger partial charge in [0.05, 0.1) is 34.4 Å². The molecule has 0 saturated carbocycles. The van der Waals surface area contributed by atoms with Crippen LogP contribution in [0.4, 0.5) is 5.13 Å². The van der Waals surface area contributed by atoms with Gasteiger partial charge in [-0.2, -0.15) is 0 Å². The van der Waals surface area contributed by atoms with E-state index >= 15 is 0 Å². The van der Waals surface area contributed by atoms with Crippen molar-refractivity contribution < 1.29 is 19.7 Å². The molecule has 2 aliphatic heterocycles. The third kappa shape index (κ3) is 5.26. The molecular formula is C29H33N3O4S. The molecule has 0 spiro atoms. The number of pyridine rings is 1. The highest BCUT2D eigenvalue weighted by atomic mass is 32.1. The molecule has 2 aromatic carbocycles.